The summed E-state index contributed by atoms with van der Waals surface area (Å²) < 4.78 is 65.4. The Bertz CT molecular complexity index is 1190. The number of sulfonamides is 1. The molecule has 12 heteroatoms. The number of hydrogen-bond acceptors (Lipinski definition) is 6. The third kappa shape index (κ3) is 5.20. The van der Waals surface area contributed by atoms with Gasteiger partial charge in [-0.1, -0.05) is 42.2 Å². The molecule has 1 saturated carbocycles. The van der Waals surface area contributed by atoms with E-state index in [0.717, 1.165) is 36.9 Å². The van der Waals surface area contributed by atoms with Crippen molar-refractivity contribution in [1.82, 2.24) is 14.6 Å². The highest BCUT2D eigenvalue weighted by Crippen LogP contribution is 2.34. The predicted molar refractivity (Wildman–Crippen MR) is 118 cm³/mol. The number of rotatable bonds is 6. The summed E-state index contributed by atoms with van der Waals surface area (Å²) in [4.78, 5) is 17.9. The molecule has 6 nitrogen and oxygen atoms in total. The molecule has 2 aromatic rings. The van der Waals surface area contributed by atoms with Crippen LogP contribution in [0.4, 0.5) is 13.2 Å². The van der Waals surface area contributed by atoms with E-state index in [0.29, 0.717) is 16.0 Å². The smallest absolute Gasteiger partial charge is 0.288 e. The third-order valence-electron chi connectivity index (χ3n) is 4.72. The maximum atomic E-state index is 12.7. The van der Waals surface area contributed by atoms with Crippen molar-refractivity contribution in [2.45, 2.75) is 36.5 Å². The molecule has 0 radical (unpaired) electrons. The van der Waals surface area contributed by atoms with Gasteiger partial charge in [0.2, 0.25) is 10.0 Å². The van der Waals surface area contributed by atoms with E-state index in [-0.39, 0.29) is 27.7 Å². The number of carbonyl (C=O) groups is 1. The summed E-state index contributed by atoms with van der Waals surface area (Å²) in [6, 6.07) is 8.22. The van der Waals surface area contributed by atoms with Crippen molar-refractivity contribution in [3.05, 3.63) is 64.3 Å². The molecule has 1 aromatic heterocycles. The van der Waals surface area contributed by atoms with Gasteiger partial charge in [-0.25, -0.2) is 13.1 Å². The first-order valence-corrected chi connectivity index (χ1v) is 12.1. The molecule has 0 bridgehead atoms. The van der Waals surface area contributed by atoms with Crippen molar-refractivity contribution >= 4 is 50.3 Å². The number of alkyl halides is 3. The maximum absolute atomic E-state index is 12.7. The number of thioether (sulfide) groups is 1. The molecule has 2 aliphatic rings. The first kappa shape index (κ1) is 22.9. The largest absolute Gasteiger partial charge is 0.433 e. The summed E-state index contributed by atoms with van der Waals surface area (Å²) in [6.07, 6.45) is -0.204. The van der Waals surface area contributed by atoms with Gasteiger partial charge in [-0.2, -0.15) is 13.2 Å². The Morgan fingerprint density at radius 1 is 1.19 bits per heavy atom. The van der Waals surface area contributed by atoms with E-state index >= 15 is 0 Å². The second-order valence-electron chi connectivity index (χ2n) is 7.28. The summed E-state index contributed by atoms with van der Waals surface area (Å²) in [5.74, 6) is -0.382. The Labute approximate surface area is 192 Å². The number of aromatic nitrogens is 1. The highest BCUT2D eigenvalue weighted by atomic mass is 32.2. The molecule has 1 N–H and O–H groups in total. The Hall–Kier alpha value is -2.28. The lowest BCUT2D eigenvalue weighted by atomic mass is 10.2. The van der Waals surface area contributed by atoms with Crippen LogP contribution in [0.3, 0.4) is 0 Å². The lowest BCUT2D eigenvalue weighted by molar-refractivity contribution is -0.141. The van der Waals surface area contributed by atoms with Crippen LogP contribution in [0.1, 0.15) is 29.7 Å². The van der Waals surface area contributed by atoms with E-state index in [9.17, 15) is 26.4 Å². The lowest BCUT2D eigenvalue weighted by Gasteiger charge is -2.14. The molecule has 1 amide bonds. The number of hydrogen-bond donors (Lipinski definition) is 1. The van der Waals surface area contributed by atoms with Crippen molar-refractivity contribution in [2.75, 3.05) is 0 Å². The molecule has 2 heterocycles. The molecule has 168 valence electrons. The van der Waals surface area contributed by atoms with E-state index in [1.807, 2.05) is 0 Å². The van der Waals surface area contributed by atoms with Crippen LogP contribution in [-0.4, -0.2) is 34.6 Å². The SMILES string of the molecule is O=C1/C(=C/c2ccc(S(=O)(=O)NC3CC3)cc2)SC(=S)N1Cc1ccc(C(F)(F)F)nc1. The quantitative estimate of drug-likeness (QED) is 0.479. The Morgan fingerprint density at radius 2 is 1.88 bits per heavy atom. The molecule has 1 saturated heterocycles. The summed E-state index contributed by atoms with van der Waals surface area (Å²) in [7, 11) is -3.56. The molecule has 32 heavy (non-hydrogen) atoms. The minimum Gasteiger partial charge on any atom is -0.288 e. The van der Waals surface area contributed by atoms with Crippen molar-refractivity contribution in [1.29, 1.82) is 0 Å². The zero-order chi connectivity index (χ0) is 23.1. The van der Waals surface area contributed by atoms with Crippen molar-refractivity contribution < 1.29 is 26.4 Å². The number of amides is 1. The van der Waals surface area contributed by atoms with Crippen LogP contribution >= 0.6 is 24.0 Å². The summed E-state index contributed by atoms with van der Waals surface area (Å²) in [5, 5.41) is 0. The molecule has 1 aliphatic heterocycles. The molecular formula is C20H16F3N3O3S3. The number of carbonyl (C=O) groups excluding carboxylic acids is 1. The van der Waals surface area contributed by atoms with Crippen LogP contribution in [0.2, 0.25) is 0 Å². The Morgan fingerprint density at radius 3 is 2.44 bits per heavy atom. The van der Waals surface area contributed by atoms with Gasteiger partial charge in [-0.15, -0.1) is 0 Å². The fourth-order valence-corrected chi connectivity index (χ4v) is 5.45. The first-order chi connectivity index (χ1) is 15.0. The molecule has 2 fully saturated rings. The first-order valence-electron chi connectivity index (χ1n) is 9.43. The van der Waals surface area contributed by atoms with Gasteiger partial charge in [0.1, 0.15) is 10.0 Å². The number of nitrogens with zero attached hydrogens (tertiary/aromatic N) is 2. The maximum Gasteiger partial charge on any atom is 0.433 e. The van der Waals surface area contributed by atoms with Crippen LogP contribution in [0.25, 0.3) is 6.08 Å². The molecule has 0 unspecified atom stereocenters. The topological polar surface area (TPSA) is 79.4 Å². The van der Waals surface area contributed by atoms with Gasteiger partial charge >= 0.3 is 6.18 Å². The molecular weight excluding hydrogens is 483 g/mol. The third-order valence-corrected chi connectivity index (χ3v) is 7.63. The second-order valence-corrected chi connectivity index (χ2v) is 10.7. The van der Waals surface area contributed by atoms with Gasteiger partial charge in [0.05, 0.1) is 16.3 Å². The molecule has 1 aromatic carbocycles. The molecule has 1 aliphatic carbocycles. The van der Waals surface area contributed by atoms with Gasteiger partial charge in [-0.05, 0) is 48.2 Å². The zero-order valence-electron chi connectivity index (χ0n) is 16.3. The van der Waals surface area contributed by atoms with Gasteiger partial charge in [0.15, 0.2) is 0 Å². The average molecular weight is 500 g/mol. The van der Waals surface area contributed by atoms with Gasteiger partial charge in [-0.3, -0.25) is 14.7 Å². The highest BCUT2D eigenvalue weighted by Gasteiger charge is 2.34. The van der Waals surface area contributed by atoms with Crippen LogP contribution in [-0.2, 0) is 27.5 Å². The van der Waals surface area contributed by atoms with Crippen molar-refractivity contribution in [2.24, 2.45) is 0 Å². The molecule has 0 atom stereocenters. The monoisotopic (exact) mass is 499 g/mol. The number of nitrogens with one attached hydrogen (secondary N) is 1. The second kappa shape index (κ2) is 8.58. The summed E-state index contributed by atoms with van der Waals surface area (Å²) >= 11 is 6.32. The fourth-order valence-electron chi connectivity index (χ4n) is 2.89. The standard InChI is InChI=1S/C20H16F3N3O3S3/c21-20(22,23)17-8-3-13(10-24-17)11-26-18(27)16(31-19(26)30)9-12-1-6-15(7-2-12)32(28,29)25-14-4-5-14/h1-3,6-10,14,25H,4-5,11H2/b16-9-. The van der Waals surface area contributed by atoms with Gasteiger partial charge < -0.3 is 0 Å². The van der Waals surface area contributed by atoms with Crippen LogP contribution < -0.4 is 4.72 Å². The highest BCUT2D eigenvalue weighted by molar-refractivity contribution is 8.26. The molecule has 4 rings (SSSR count). The normalized spacial score (nSPS) is 18.6. The number of thiocarbonyl (C=S) groups is 1. The van der Waals surface area contributed by atoms with Gasteiger partial charge in [0, 0.05) is 12.2 Å². The minimum absolute atomic E-state index is 0.00108. The van der Waals surface area contributed by atoms with Gasteiger partial charge in [0.25, 0.3) is 5.91 Å². The summed E-state index contributed by atoms with van der Waals surface area (Å²) in [6.45, 7) is -0.00282. The fraction of sp³-hybridized carbons (Fsp3) is 0.250. The number of pyridine rings is 1. The van der Waals surface area contributed by atoms with Crippen LogP contribution in [0.5, 0.6) is 0 Å². The predicted octanol–water partition coefficient (Wildman–Crippen LogP) is 3.94. The van der Waals surface area contributed by atoms with E-state index < -0.39 is 21.9 Å². The van der Waals surface area contributed by atoms with E-state index in [4.69, 9.17) is 12.2 Å². The molecule has 0 spiro atoms. The Balaban J connectivity index is 1.46. The van der Waals surface area contributed by atoms with Crippen molar-refractivity contribution in [3.63, 3.8) is 0 Å². The minimum atomic E-state index is -4.54. The van der Waals surface area contributed by atoms with Crippen LogP contribution in [0, 0.1) is 0 Å². The Kier molecular flexibility index (Phi) is 6.14. The number of halogens is 3. The van der Waals surface area contributed by atoms with E-state index in [2.05, 4.69) is 9.71 Å². The zero-order valence-corrected chi connectivity index (χ0v) is 18.7. The summed E-state index contributed by atoms with van der Waals surface area (Å²) in [5.41, 5.74) is 0.0182. The van der Waals surface area contributed by atoms with E-state index in [1.54, 1.807) is 18.2 Å². The number of benzene rings is 1. The van der Waals surface area contributed by atoms with Crippen molar-refractivity contribution in [3.8, 4) is 0 Å². The van der Waals surface area contributed by atoms with E-state index in [1.165, 1.54) is 23.1 Å². The van der Waals surface area contributed by atoms with Crippen LogP contribution in [0.15, 0.2) is 52.4 Å². The average Bonchev–Trinajstić information content (AvgIpc) is 3.50. The lowest BCUT2D eigenvalue weighted by Crippen LogP contribution is -2.27.